The lowest BCUT2D eigenvalue weighted by molar-refractivity contribution is -0.114. The predicted octanol–water partition coefficient (Wildman–Crippen LogP) is 4.08. The number of para-hydroxylation sites is 1. The summed E-state index contributed by atoms with van der Waals surface area (Å²) in [5.41, 5.74) is 2.98. The van der Waals surface area contributed by atoms with Crippen LogP contribution in [0.3, 0.4) is 0 Å². The number of methoxy groups -OCH3 is 1. The van der Waals surface area contributed by atoms with Gasteiger partial charge in [0.25, 0.3) is 0 Å². The fourth-order valence-corrected chi connectivity index (χ4v) is 4.13. The number of benzene rings is 1. The number of aromatic nitrogens is 3. The minimum atomic E-state index is -0.960. The fourth-order valence-electron chi connectivity index (χ4n) is 4.13. The first-order valence-electron chi connectivity index (χ1n) is 11.5. The van der Waals surface area contributed by atoms with E-state index in [1.54, 1.807) is 24.6 Å². The van der Waals surface area contributed by atoms with Crippen LogP contribution >= 0.6 is 0 Å². The Morgan fingerprint density at radius 1 is 1.26 bits per heavy atom. The van der Waals surface area contributed by atoms with E-state index in [1.807, 2.05) is 37.4 Å². The number of amides is 1. The number of carbonyl (C=O) groups is 2. The summed E-state index contributed by atoms with van der Waals surface area (Å²) in [6.07, 6.45) is 4.26. The number of anilines is 2. The van der Waals surface area contributed by atoms with E-state index in [-0.39, 0.29) is 17.6 Å². The molecule has 0 fully saturated rings. The van der Waals surface area contributed by atoms with Gasteiger partial charge in [0.2, 0.25) is 5.91 Å². The van der Waals surface area contributed by atoms with E-state index < -0.39 is 11.6 Å². The lowest BCUT2D eigenvalue weighted by Gasteiger charge is -2.27. The monoisotopic (exact) mass is 477 g/mol. The highest BCUT2D eigenvalue weighted by Crippen LogP contribution is 2.33. The summed E-state index contributed by atoms with van der Waals surface area (Å²) in [6, 6.07) is 9.60. The molecule has 1 aromatic carbocycles. The second kappa shape index (κ2) is 9.42. The Kier molecular flexibility index (Phi) is 6.53. The number of nitrogens with zero attached hydrogens (tertiary/aromatic N) is 2. The molecule has 4 rings (SSSR count). The van der Waals surface area contributed by atoms with Crippen molar-refractivity contribution in [2.24, 2.45) is 0 Å². The van der Waals surface area contributed by atoms with Gasteiger partial charge in [0, 0.05) is 36.0 Å². The first-order chi connectivity index (χ1) is 16.6. The molecule has 184 valence electrons. The normalized spacial score (nSPS) is 12.6. The average molecular weight is 478 g/mol. The van der Waals surface area contributed by atoms with Crippen molar-refractivity contribution in [2.45, 2.75) is 52.3 Å². The van der Waals surface area contributed by atoms with Crippen molar-refractivity contribution in [3.8, 4) is 0 Å². The molecule has 35 heavy (non-hydrogen) atoms. The van der Waals surface area contributed by atoms with E-state index in [4.69, 9.17) is 4.74 Å². The van der Waals surface area contributed by atoms with Crippen molar-refractivity contribution in [3.63, 3.8) is 0 Å². The molecule has 1 atom stereocenters. The van der Waals surface area contributed by atoms with Gasteiger partial charge >= 0.3 is 5.97 Å². The lowest BCUT2D eigenvalue weighted by atomic mass is 10.0. The first kappa shape index (κ1) is 24.3. The van der Waals surface area contributed by atoms with Crippen LogP contribution in [-0.2, 0) is 22.5 Å². The standard InChI is InChI=1S/C26H31N5O4/c1-15(26(3,4)34)29-18-12-20-22(30-16(2)32)23(25(33)35-5)31(24(20)28-14-18)11-10-17-13-27-21-9-7-6-8-19(17)21/h6-9,12-15,27,29,34H,10-11H2,1-5H3,(H,30,32)/t15-/m1/s1. The van der Waals surface area contributed by atoms with E-state index in [0.717, 1.165) is 16.5 Å². The number of esters is 1. The molecule has 0 saturated heterocycles. The quantitative estimate of drug-likeness (QED) is 0.284. The molecule has 3 heterocycles. The average Bonchev–Trinajstić information content (AvgIpc) is 3.35. The second-order valence-corrected chi connectivity index (χ2v) is 9.27. The number of ether oxygens (including phenoxy) is 1. The minimum Gasteiger partial charge on any atom is -0.464 e. The van der Waals surface area contributed by atoms with Crippen LogP contribution in [0, 0.1) is 0 Å². The van der Waals surface area contributed by atoms with Crippen molar-refractivity contribution in [1.82, 2.24) is 14.5 Å². The molecule has 0 aliphatic rings. The molecule has 0 radical (unpaired) electrons. The summed E-state index contributed by atoms with van der Waals surface area (Å²) in [4.78, 5) is 32.9. The number of aliphatic hydroxyl groups is 1. The van der Waals surface area contributed by atoms with Gasteiger partial charge in [-0.1, -0.05) is 18.2 Å². The zero-order chi connectivity index (χ0) is 25.3. The van der Waals surface area contributed by atoms with Crippen molar-refractivity contribution in [1.29, 1.82) is 0 Å². The molecular formula is C26H31N5O4. The molecule has 0 aliphatic carbocycles. The van der Waals surface area contributed by atoms with Crippen LogP contribution in [0.5, 0.6) is 0 Å². The number of H-pyrrole nitrogens is 1. The summed E-state index contributed by atoms with van der Waals surface area (Å²) in [5, 5.41) is 18.1. The molecule has 0 aliphatic heterocycles. The highest BCUT2D eigenvalue weighted by molar-refractivity contribution is 6.11. The Labute approximate surface area is 203 Å². The third kappa shape index (κ3) is 4.85. The van der Waals surface area contributed by atoms with Gasteiger partial charge in [0.05, 0.1) is 36.3 Å². The van der Waals surface area contributed by atoms with E-state index in [2.05, 4.69) is 26.7 Å². The molecule has 1 amide bonds. The second-order valence-electron chi connectivity index (χ2n) is 9.27. The third-order valence-electron chi connectivity index (χ3n) is 6.30. The van der Waals surface area contributed by atoms with Crippen LogP contribution in [0.1, 0.15) is 43.7 Å². The number of rotatable bonds is 8. The van der Waals surface area contributed by atoms with Crippen molar-refractivity contribution in [3.05, 3.63) is 54.0 Å². The number of aromatic amines is 1. The highest BCUT2D eigenvalue weighted by Gasteiger charge is 2.27. The van der Waals surface area contributed by atoms with Crippen molar-refractivity contribution < 1.29 is 19.4 Å². The number of hydrogen-bond donors (Lipinski definition) is 4. The Morgan fingerprint density at radius 3 is 2.69 bits per heavy atom. The molecule has 0 saturated carbocycles. The zero-order valence-corrected chi connectivity index (χ0v) is 20.6. The van der Waals surface area contributed by atoms with Crippen LogP contribution in [-0.4, -0.2) is 50.3 Å². The van der Waals surface area contributed by atoms with Gasteiger partial charge in [-0.3, -0.25) is 4.79 Å². The van der Waals surface area contributed by atoms with Gasteiger partial charge in [0.15, 0.2) is 5.69 Å². The van der Waals surface area contributed by atoms with Crippen molar-refractivity contribution in [2.75, 3.05) is 17.7 Å². The smallest absolute Gasteiger partial charge is 0.356 e. The van der Waals surface area contributed by atoms with E-state index in [1.165, 1.54) is 14.0 Å². The topological polar surface area (TPSA) is 121 Å². The summed E-state index contributed by atoms with van der Waals surface area (Å²) in [5.74, 6) is -0.876. The maximum atomic E-state index is 12.9. The number of aryl methyl sites for hydroxylation is 2. The third-order valence-corrected chi connectivity index (χ3v) is 6.30. The largest absolute Gasteiger partial charge is 0.464 e. The van der Waals surface area contributed by atoms with Gasteiger partial charge < -0.3 is 30.0 Å². The Hall–Kier alpha value is -3.85. The summed E-state index contributed by atoms with van der Waals surface area (Å²) in [6.45, 7) is 7.14. The number of nitrogens with one attached hydrogen (secondary N) is 3. The minimum absolute atomic E-state index is 0.234. The van der Waals surface area contributed by atoms with E-state index in [0.29, 0.717) is 35.4 Å². The molecule has 0 bridgehead atoms. The fraction of sp³-hybridized carbons (Fsp3) is 0.346. The van der Waals surface area contributed by atoms with Crippen LogP contribution in [0.25, 0.3) is 21.9 Å². The molecule has 9 heteroatoms. The summed E-state index contributed by atoms with van der Waals surface area (Å²) < 4.78 is 6.87. The number of pyridine rings is 1. The van der Waals surface area contributed by atoms with Crippen LogP contribution in [0.15, 0.2) is 42.7 Å². The SMILES string of the molecule is COC(=O)c1c(NC(C)=O)c2cc(N[C@H](C)C(C)(C)O)cnc2n1CCc1c[nH]c2ccccc12. The number of carbonyl (C=O) groups excluding carboxylic acids is 2. The summed E-state index contributed by atoms with van der Waals surface area (Å²) >= 11 is 0. The van der Waals surface area contributed by atoms with Crippen LogP contribution < -0.4 is 10.6 Å². The predicted molar refractivity (Wildman–Crippen MR) is 137 cm³/mol. The molecule has 0 spiro atoms. The first-order valence-corrected chi connectivity index (χ1v) is 11.5. The maximum absolute atomic E-state index is 12.9. The van der Waals surface area contributed by atoms with Crippen molar-refractivity contribution >= 4 is 45.2 Å². The van der Waals surface area contributed by atoms with E-state index >= 15 is 0 Å². The van der Waals surface area contributed by atoms with Gasteiger partial charge in [-0.2, -0.15) is 0 Å². The molecule has 0 unspecified atom stereocenters. The summed E-state index contributed by atoms with van der Waals surface area (Å²) in [7, 11) is 1.31. The van der Waals surface area contributed by atoms with Gasteiger partial charge in [-0.05, 0) is 44.9 Å². The van der Waals surface area contributed by atoms with Crippen LogP contribution in [0.4, 0.5) is 11.4 Å². The Morgan fingerprint density at radius 2 is 2.00 bits per heavy atom. The molecule has 9 nitrogen and oxygen atoms in total. The Bertz CT molecular complexity index is 1400. The number of hydrogen-bond acceptors (Lipinski definition) is 6. The molecular weight excluding hydrogens is 446 g/mol. The molecule has 4 aromatic rings. The highest BCUT2D eigenvalue weighted by atomic mass is 16.5. The van der Waals surface area contributed by atoms with E-state index in [9.17, 15) is 14.7 Å². The van der Waals surface area contributed by atoms with Crippen LogP contribution in [0.2, 0.25) is 0 Å². The Balaban J connectivity index is 1.81. The number of fused-ring (bicyclic) bond motifs is 2. The lowest BCUT2D eigenvalue weighted by Crippen LogP contribution is -2.39. The molecule has 3 aromatic heterocycles. The van der Waals surface area contributed by atoms with Gasteiger partial charge in [-0.25, -0.2) is 9.78 Å². The van der Waals surface area contributed by atoms with Gasteiger partial charge in [-0.15, -0.1) is 0 Å². The molecule has 4 N–H and O–H groups in total. The maximum Gasteiger partial charge on any atom is 0.356 e. The zero-order valence-electron chi connectivity index (χ0n) is 20.6. The van der Waals surface area contributed by atoms with Gasteiger partial charge in [0.1, 0.15) is 5.65 Å².